The lowest BCUT2D eigenvalue weighted by Gasteiger charge is -2.39. The van der Waals surface area contributed by atoms with Crippen molar-refractivity contribution in [3.05, 3.63) is 65.2 Å². The topological polar surface area (TPSA) is 114 Å². The number of halogens is 4. The van der Waals surface area contributed by atoms with E-state index in [0.29, 0.717) is 22.0 Å². The van der Waals surface area contributed by atoms with Crippen molar-refractivity contribution in [1.82, 2.24) is 15.3 Å². The molecule has 1 atom stereocenters. The number of piperidine rings is 1. The van der Waals surface area contributed by atoms with Crippen LogP contribution in [0.25, 0.3) is 11.1 Å². The zero-order valence-electron chi connectivity index (χ0n) is 22.1. The first-order valence-electron chi connectivity index (χ1n) is 12.7. The lowest BCUT2D eigenvalue weighted by Crippen LogP contribution is -2.41. The van der Waals surface area contributed by atoms with E-state index in [0.717, 1.165) is 45.4 Å². The number of nitrogen functional groups attached to an aromatic ring is 1. The van der Waals surface area contributed by atoms with Crippen LogP contribution in [0.1, 0.15) is 30.9 Å². The van der Waals surface area contributed by atoms with Crippen molar-refractivity contribution in [1.29, 1.82) is 0 Å². The molecule has 8 nitrogen and oxygen atoms in total. The van der Waals surface area contributed by atoms with E-state index in [1.165, 1.54) is 24.3 Å². The Morgan fingerprint density at radius 2 is 1.76 bits per heavy atom. The Hall–Kier alpha value is -4.01. The lowest BCUT2D eigenvalue weighted by atomic mass is 9.78. The highest BCUT2D eigenvalue weighted by molar-refractivity contribution is 6.30. The van der Waals surface area contributed by atoms with Gasteiger partial charge in [0.2, 0.25) is 17.9 Å². The molecule has 0 radical (unpaired) electrons. The van der Waals surface area contributed by atoms with Crippen molar-refractivity contribution in [2.24, 2.45) is 5.41 Å². The third-order valence-electron chi connectivity index (χ3n) is 7.11. The van der Waals surface area contributed by atoms with Gasteiger partial charge < -0.3 is 25.8 Å². The molecule has 1 spiro atoms. The predicted octanol–water partition coefficient (Wildman–Crippen LogP) is 5.59. The number of alkyl halides is 3. The minimum absolute atomic E-state index is 0.0644. The average molecular weight is 590 g/mol. The number of aromatic nitrogens is 2. The second-order valence-corrected chi connectivity index (χ2v) is 10.0. The lowest BCUT2D eigenvalue weighted by molar-refractivity contribution is -0.198. The van der Waals surface area contributed by atoms with Crippen molar-refractivity contribution in [3.8, 4) is 29.9 Å². The molecular weight excluding hydrogens is 559 g/mol. The number of nitrogens with two attached hydrogens (primary N) is 1. The van der Waals surface area contributed by atoms with Gasteiger partial charge in [0.1, 0.15) is 5.82 Å². The summed E-state index contributed by atoms with van der Waals surface area (Å²) in [5.41, 5.74) is 7.06. The Morgan fingerprint density at radius 3 is 2.34 bits per heavy atom. The normalized spacial score (nSPS) is 16.5. The Morgan fingerprint density at radius 1 is 1.10 bits per heavy atom. The summed E-state index contributed by atoms with van der Waals surface area (Å²) >= 11 is 6.15. The number of carbonyl (C=O) groups is 1. The fraction of sp³-hybridized carbons (Fsp3) is 0.345. The van der Waals surface area contributed by atoms with Crippen LogP contribution < -0.4 is 20.7 Å². The van der Waals surface area contributed by atoms with Gasteiger partial charge in [-0.1, -0.05) is 48.0 Å². The summed E-state index contributed by atoms with van der Waals surface area (Å²) in [6, 6.07) is 14.5. The highest BCUT2D eigenvalue weighted by Gasteiger charge is 2.45. The molecule has 0 aliphatic carbocycles. The molecule has 1 aromatic heterocycles. The zero-order chi connectivity index (χ0) is 30.0. The maximum Gasteiger partial charge on any atom is 0.429 e. The van der Waals surface area contributed by atoms with Crippen LogP contribution in [0.3, 0.4) is 0 Å². The first-order chi connectivity index (χ1) is 19.6. The molecule has 12 heteroatoms. The van der Waals surface area contributed by atoms with Gasteiger partial charge >= 0.3 is 6.18 Å². The number of terminal acetylenes is 1. The number of hydrogen-bond donors (Lipinski definition) is 3. The molecular formula is C29H31ClF3N5O3. The Labute approximate surface area is 241 Å². The summed E-state index contributed by atoms with van der Waals surface area (Å²) < 4.78 is 48.6. The van der Waals surface area contributed by atoms with E-state index in [1.807, 2.05) is 4.90 Å². The van der Waals surface area contributed by atoms with Crippen LogP contribution in [-0.2, 0) is 4.79 Å². The first kappa shape index (κ1) is 31.5. The van der Waals surface area contributed by atoms with Gasteiger partial charge in [0.05, 0.1) is 0 Å². The Balaban J connectivity index is 0.000000868. The van der Waals surface area contributed by atoms with Gasteiger partial charge in [-0.15, -0.1) is 12.8 Å². The summed E-state index contributed by atoms with van der Waals surface area (Å²) in [4.78, 5) is 18.7. The van der Waals surface area contributed by atoms with Crippen LogP contribution in [0.2, 0.25) is 5.02 Å². The van der Waals surface area contributed by atoms with E-state index < -0.39 is 12.3 Å². The summed E-state index contributed by atoms with van der Waals surface area (Å²) in [5.74, 6) is 0.112. The highest BCUT2D eigenvalue weighted by Crippen LogP contribution is 2.43. The van der Waals surface area contributed by atoms with E-state index in [2.05, 4.69) is 28.1 Å². The van der Waals surface area contributed by atoms with Crippen molar-refractivity contribution in [2.45, 2.75) is 31.5 Å². The van der Waals surface area contributed by atoms with Crippen LogP contribution in [0, 0.1) is 18.3 Å². The molecule has 3 heterocycles. The van der Waals surface area contributed by atoms with E-state index in [4.69, 9.17) is 32.0 Å². The van der Waals surface area contributed by atoms with E-state index in [-0.39, 0.29) is 29.3 Å². The summed E-state index contributed by atoms with van der Waals surface area (Å²) in [6.45, 7) is 3.26. The van der Waals surface area contributed by atoms with Gasteiger partial charge in [-0.05, 0) is 54.5 Å². The summed E-state index contributed by atoms with van der Waals surface area (Å²) in [7, 11) is 0. The molecule has 41 heavy (non-hydrogen) atoms. The largest absolute Gasteiger partial charge is 0.483 e. The van der Waals surface area contributed by atoms with Gasteiger partial charge in [0.25, 0.3) is 6.47 Å². The first-order valence-corrected chi connectivity index (χ1v) is 13.1. The number of hydrogen-bond acceptors (Lipinski definition) is 7. The van der Waals surface area contributed by atoms with E-state index >= 15 is 0 Å². The third kappa shape index (κ3) is 8.02. The van der Waals surface area contributed by atoms with Gasteiger partial charge in [-0.25, -0.2) is 0 Å². The van der Waals surface area contributed by atoms with Gasteiger partial charge in [0, 0.05) is 36.3 Å². The summed E-state index contributed by atoms with van der Waals surface area (Å²) in [5, 5.41) is 10.6. The molecule has 2 aliphatic heterocycles. The molecule has 0 bridgehead atoms. The van der Waals surface area contributed by atoms with Crippen molar-refractivity contribution >= 4 is 29.8 Å². The molecule has 3 aromatic rings. The number of anilines is 2. The standard InChI is InChI=1S/C26H27ClF3N5O.C2H2.CH2O2/c27-18-6-7-19(20(14-18)17-4-2-1-3-5-17)23(26(28,29)30)36-22-15-21(33-24(31)34-22)35-12-9-25(10-13-35)8-11-32-16-25;1-2;2-1-3/h1-7,14-15,23,32H,8-13,16H2,(H2,31,33,34);1-2H;1H,(H,2,3)/t23-;;/m1../s1. The fourth-order valence-corrected chi connectivity index (χ4v) is 5.31. The van der Waals surface area contributed by atoms with Crippen LogP contribution >= 0.6 is 11.6 Å². The van der Waals surface area contributed by atoms with E-state index in [9.17, 15) is 13.2 Å². The molecule has 0 amide bonds. The number of rotatable bonds is 5. The van der Waals surface area contributed by atoms with Crippen molar-refractivity contribution < 1.29 is 27.8 Å². The molecule has 4 N–H and O–H groups in total. The SMILES string of the molecule is C#C.Nc1nc(O[C@H](c2ccc(Cl)cc2-c2ccccc2)C(F)(F)F)cc(N2CCC3(CCNC3)CC2)n1.O=CO. The van der Waals surface area contributed by atoms with Crippen LogP contribution in [-0.4, -0.2) is 53.9 Å². The maximum absolute atomic E-state index is 14.4. The molecule has 218 valence electrons. The molecule has 5 rings (SSSR count). The molecule has 2 saturated heterocycles. The minimum atomic E-state index is -4.72. The van der Waals surface area contributed by atoms with Gasteiger partial charge in [-0.3, -0.25) is 4.79 Å². The second-order valence-electron chi connectivity index (χ2n) is 9.58. The predicted molar refractivity (Wildman–Crippen MR) is 153 cm³/mol. The maximum atomic E-state index is 14.4. The van der Waals surface area contributed by atoms with Crippen molar-refractivity contribution in [3.63, 3.8) is 0 Å². The van der Waals surface area contributed by atoms with Crippen molar-refractivity contribution in [2.75, 3.05) is 36.8 Å². The van der Waals surface area contributed by atoms with Gasteiger partial charge in [-0.2, -0.15) is 23.1 Å². The van der Waals surface area contributed by atoms with Crippen LogP contribution in [0.5, 0.6) is 5.88 Å². The number of benzene rings is 2. The minimum Gasteiger partial charge on any atom is -0.483 e. The number of carboxylic acid groups (broad SMARTS) is 1. The molecule has 0 saturated carbocycles. The second kappa shape index (κ2) is 14.1. The molecule has 0 unspecified atom stereocenters. The summed E-state index contributed by atoms with van der Waals surface area (Å²) in [6.07, 6.45) is 4.11. The Kier molecular flexibility index (Phi) is 10.8. The zero-order valence-corrected chi connectivity index (χ0v) is 22.9. The van der Waals surface area contributed by atoms with E-state index in [1.54, 1.807) is 30.3 Å². The Bertz CT molecular complexity index is 1310. The monoisotopic (exact) mass is 589 g/mol. The smallest absolute Gasteiger partial charge is 0.429 e. The molecule has 2 fully saturated rings. The van der Waals surface area contributed by atoms with Crippen LogP contribution in [0.15, 0.2) is 54.6 Å². The van der Waals surface area contributed by atoms with Crippen LogP contribution in [0.4, 0.5) is 24.9 Å². The van der Waals surface area contributed by atoms with Gasteiger partial charge in [0.15, 0.2) is 0 Å². The highest BCUT2D eigenvalue weighted by atomic mass is 35.5. The molecule has 2 aromatic carbocycles. The molecule has 2 aliphatic rings. The third-order valence-corrected chi connectivity index (χ3v) is 7.34. The average Bonchev–Trinajstić information content (AvgIpc) is 3.41. The quantitative estimate of drug-likeness (QED) is 0.261. The number of nitrogens with zero attached hydrogens (tertiary/aromatic N) is 3. The fourth-order valence-electron chi connectivity index (χ4n) is 5.14. The number of nitrogens with one attached hydrogen (secondary N) is 1. The number of ether oxygens (including phenoxy) is 1.